The van der Waals surface area contributed by atoms with Gasteiger partial charge in [0.15, 0.2) is 0 Å². The van der Waals surface area contributed by atoms with Gasteiger partial charge in [0.25, 0.3) is 5.91 Å². The summed E-state index contributed by atoms with van der Waals surface area (Å²) in [6, 6.07) is 6.93. The van der Waals surface area contributed by atoms with Crippen LogP contribution in [-0.2, 0) is 9.53 Å². The molecule has 1 fully saturated rings. The Balaban J connectivity index is 1.94. The molecule has 2 atom stereocenters. The number of ether oxygens (including phenoxy) is 2. The summed E-state index contributed by atoms with van der Waals surface area (Å²) in [7, 11) is 1.60. The van der Waals surface area contributed by atoms with Gasteiger partial charge >= 0.3 is 5.97 Å². The number of nitrogens with zero attached hydrogens (tertiary/aromatic N) is 1. The van der Waals surface area contributed by atoms with Crippen LogP contribution in [-0.4, -0.2) is 54.8 Å². The number of hydrogen-bond donors (Lipinski definition) is 1. The Morgan fingerprint density at radius 2 is 2.26 bits per heavy atom. The lowest BCUT2D eigenvalue weighted by Gasteiger charge is -2.20. The van der Waals surface area contributed by atoms with Crippen molar-refractivity contribution in [2.24, 2.45) is 5.92 Å². The molecule has 6 heteroatoms. The first-order valence-corrected chi connectivity index (χ1v) is 7.80. The zero-order valence-corrected chi connectivity index (χ0v) is 13.5. The minimum atomic E-state index is -0.918. The molecule has 0 aliphatic carbocycles. The monoisotopic (exact) mass is 321 g/mol. The van der Waals surface area contributed by atoms with E-state index in [1.165, 1.54) is 4.90 Å². The molecule has 1 aliphatic rings. The summed E-state index contributed by atoms with van der Waals surface area (Å²) in [5.74, 6) is -1.13. The van der Waals surface area contributed by atoms with Gasteiger partial charge in [-0.1, -0.05) is 13.0 Å². The zero-order valence-electron chi connectivity index (χ0n) is 13.5. The van der Waals surface area contributed by atoms with Crippen molar-refractivity contribution < 1.29 is 24.2 Å². The number of amides is 1. The van der Waals surface area contributed by atoms with E-state index in [2.05, 4.69) is 0 Å². The van der Waals surface area contributed by atoms with E-state index in [9.17, 15) is 9.59 Å². The average molecular weight is 321 g/mol. The maximum absolute atomic E-state index is 12.4. The van der Waals surface area contributed by atoms with Crippen LogP contribution in [0.25, 0.3) is 0 Å². The van der Waals surface area contributed by atoms with Crippen LogP contribution in [0.2, 0.25) is 0 Å². The van der Waals surface area contributed by atoms with Gasteiger partial charge in [-0.05, 0) is 31.0 Å². The second-order valence-electron chi connectivity index (χ2n) is 5.90. The largest absolute Gasteiger partial charge is 0.491 e. The Labute approximate surface area is 136 Å². The van der Waals surface area contributed by atoms with Gasteiger partial charge < -0.3 is 19.5 Å². The number of carboxylic acids is 1. The van der Waals surface area contributed by atoms with Crippen molar-refractivity contribution in [3.05, 3.63) is 29.8 Å². The third-order valence-electron chi connectivity index (χ3n) is 3.86. The van der Waals surface area contributed by atoms with Gasteiger partial charge in [0.1, 0.15) is 12.4 Å². The molecule has 1 aliphatic heterocycles. The predicted octanol–water partition coefficient (Wildman–Crippen LogP) is 2.04. The highest BCUT2D eigenvalue weighted by Gasteiger charge is 2.19. The standard InChI is InChI=1S/C17H23NO5/c1-12(17(20)21)10-18(2)16(19)13-5-3-6-14(9-13)23-11-15-7-4-8-22-15/h3,5-6,9,12,15H,4,7-8,10-11H2,1-2H3,(H,20,21)/t12-,15+/m0/s1. The Hall–Kier alpha value is -2.08. The third-order valence-corrected chi connectivity index (χ3v) is 3.86. The van der Waals surface area contributed by atoms with Crippen molar-refractivity contribution >= 4 is 11.9 Å². The maximum atomic E-state index is 12.4. The number of rotatable bonds is 7. The third kappa shape index (κ3) is 4.96. The Bertz CT molecular complexity index is 554. The summed E-state index contributed by atoms with van der Waals surface area (Å²) in [5.41, 5.74) is 0.481. The highest BCUT2D eigenvalue weighted by Crippen LogP contribution is 2.18. The van der Waals surface area contributed by atoms with Crippen LogP contribution in [0.4, 0.5) is 0 Å². The van der Waals surface area contributed by atoms with Crippen LogP contribution < -0.4 is 4.74 Å². The number of carboxylic acid groups (broad SMARTS) is 1. The van der Waals surface area contributed by atoms with Gasteiger partial charge in [0.2, 0.25) is 0 Å². The number of hydrogen-bond acceptors (Lipinski definition) is 4. The molecule has 1 N–H and O–H groups in total. The molecular formula is C17H23NO5. The molecule has 23 heavy (non-hydrogen) atoms. The van der Waals surface area contributed by atoms with Gasteiger partial charge in [0.05, 0.1) is 12.0 Å². The lowest BCUT2D eigenvalue weighted by Crippen LogP contribution is -2.33. The Morgan fingerprint density at radius 3 is 2.91 bits per heavy atom. The summed E-state index contributed by atoms with van der Waals surface area (Å²) in [4.78, 5) is 24.7. The number of benzene rings is 1. The molecule has 0 saturated carbocycles. The van der Waals surface area contributed by atoms with E-state index in [0.717, 1.165) is 19.4 Å². The molecule has 1 heterocycles. The average Bonchev–Trinajstić information content (AvgIpc) is 3.05. The SMILES string of the molecule is C[C@@H](CN(C)C(=O)c1cccc(OC[C@H]2CCCO2)c1)C(=O)O. The Morgan fingerprint density at radius 1 is 1.48 bits per heavy atom. The van der Waals surface area contributed by atoms with Crippen molar-refractivity contribution in [2.45, 2.75) is 25.9 Å². The molecule has 1 aromatic rings. The molecule has 2 rings (SSSR count). The molecule has 1 amide bonds. The van der Waals surface area contributed by atoms with Crippen molar-refractivity contribution in [2.75, 3.05) is 26.8 Å². The molecule has 126 valence electrons. The van der Waals surface area contributed by atoms with E-state index < -0.39 is 11.9 Å². The second-order valence-corrected chi connectivity index (χ2v) is 5.90. The smallest absolute Gasteiger partial charge is 0.308 e. The first kappa shape index (κ1) is 17.3. The fourth-order valence-corrected chi connectivity index (χ4v) is 2.48. The minimum absolute atomic E-state index is 0.119. The van der Waals surface area contributed by atoms with Crippen LogP contribution in [0.1, 0.15) is 30.1 Å². The van der Waals surface area contributed by atoms with E-state index in [1.807, 2.05) is 0 Å². The highest BCUT2D eigenvalue weighted by atomic mass is 16.5. The fraction of sp³-hybridized carbons (Fsp3) is 0.529. The first-order chi connectivity index (χ1) is 11.0. The molecule has 0 spiro atoms. The lowest BCUT2D eigenvalue weighted by atomic mass is 10.1. The number of carbonyl (C=O) groups excluding carboxylic acids is 1. The number of carbonyl (C=O) groups is 2. The van der Waals surface area contributed by atoms with Crippen LogP contribution in [0.5, 0.6) is 5.75 Å². The molecule has 0 bridgehead atoms. The first-order valence-electron chi connectivity index (χ1n) is 7.80. The van der Waals surface area contributed by atoms with E-state index in [1.54, 1.807) is 38.2 Å². The van der Waals surface area contributed by atoms with Gasteiger partial charge in [-0.25, -0.2) is 0 Å². The normalized spacial score (nSPS) is 18.4. The minimum Gasteiger partial charge on any atom is -0.491 e. The lowest BCUT2D eigenvalue weighted by molar-refractivity contribution is -0.141. The van der Waals surface area contributed by atoms with Crippen molar-refractivity contribution in [3.8, 4) is 5.75 Å². The van der Waals surface area contributed by atoms with E-state index in [-0.39, 0.29) is 18.6 Å². The molecule has 0 aromatic heterocycles. The summed E-state index contributed by atoms with van der Waals surface area (Å²) in [5, 5.41) is 8.93. The van der Waals surface area contributed by atoms with Gasteiger partial charge in [0, 0.05) is 25.8 Å². The summed E-state index contributed by atoms with van der Waals surface area (Å²) < 4.78 is 11.2. The molecule has 1 aromatic carbocycles. The van der Waals surface area contributed by atoms with E-state index in [0.29, 0.717) is 17.9 Å². The van der Waals surface area contributed by atoms with Crippen molar-refractivity contribution in [1.29, 1.82) is 0 Å². The summed E-state index contributed by atoms with van der Waals surface area (Å²) in [6.45, 7) is 2.99. The second kappa shape index (κ2) is 7.97. The maximum Gasteiger partial charge on any atom is 0.308 e. The molecule has 6 nitrogen and oxygen atoms in total. The topological polar surface area (TPSA) is 76.1 Å². The zero-order chi connectivity index (χ0) is 16.8. The van der Waals surface area contributed by atoms with Crippen molar-refractivity contribution in [1.82, 2.24) is 4.90 Å². The van der Waals surface area contributed by atoms with Crippen LogP contribution in [0.15, 0.2) is 24.3 Å². The predicted molar refractivity (Wildman–Crippen MR) is 84.7 cm³/mol. The summed E-state index contributed by atoms with van der Waals surface area (Å²) in [6.07, 6.45) is 2.17. The van der Waals surface area contributed by atoms with Gasteiger partial charge in [-0.2, -0.15) is 0 Å². The van der Waals surface area contributed by atoms with Crippen molar-refractivity contribution in [3.63, 3.8) is 0 Å². The van der Waals surface area contributed by atoms with E-state index in [4.69, 9.17) is 14.6 Å². The highest BCUT2D eigenvalue weighted by molar-refractivity contribution is 5.94. The van der Waals surface area contributed by atoms with Gasteiger partial charge in [-0.15, -0.1) is 0 Å². The molecule has 1 saturated heterocycles. The quantitative estimate of drug-likeness (QED) is 0.831. The number of aliphatic carboxylic acids is 1. The van der Waals surface area contributed by atoms with E-state index >= 15 is 0 Å². The fourth-order valence-electron chi connectivity index (χ4n) is 2.48. The Kier molecular flexibility index (Phi) is 5.98. The van der Waals surface area contributed by atoms with Crippen LogP contribution in [0.3, 0.4) is 0 Å². The van der Waals surface area contributed by atoms with Crippen LogP contribution >= 0.6 is 0 Å². The summed E-state index contributed by atoms with van der Waals surface area (Å²) >= 11 is 0. The molecule has 0 radical (unpaired) electrons. The van der Waals surface area contributed by atoms with Gasteiger partial charge in [-0.3, -0.25) is 9.59 Å². The molecule has 0 unspecified atom stereocenters. The van der Waals surface area contributed by atoms with Crippen LogP contribution in [0, 0.1) is 5.92 Å². The molecular weight excluding hydrogens is 298 g/mol.